The van der Waals surface area contributed by atoms with Gasteiger partial charge in [-0.25, -0.2) is 0 Å². The summed E-state index contributed by atoms with van der Waals surface area (Å²) in [6.07, 6.45) is 3.81. The monoisotopic (exact) mass is 272 g/mol. The van der Waals surface area contributed by atoms with Gasteiger partial charge in [0.25, 0.3) is 0 Å². The Labute approximate surface area is 126 Å². The van der Waals surface area contributed by atoms with E-state index in [1.165, 1.54) is 46.7 Å². The van der Waals surface area contributed by atoms with Gasteiger partial charge in [0, 0.05) is 5.92 Å². The van der Waals surface area contributed by atoms with Gasteiger partial charge in [-0.1, -0.05) is 80.4 Å². The molecule has 0 N–H and O–H groups in total. The van der Waals surface area contributed by atoms with E-state index in [1.54, 1.807) is 5.56 Å². The first-order chi connectivity index (χ1) is 10.4. The van der Waals surface area contributed by atoms with Crippen LogP contribution in [0.25, 0.3) is 21.9 Å². The summed E-state index contributed by atoms with van der Waals surface area (Å²) in [6.45, 7) is 2.28. The highest BCUT2D eigenvalue weighted by Crippen LogP contribution is 2.49. The Kier molecular flexibility index (Phi) is 3.03. The third-order valence-electron chi connectivity index (χ3n) is 4.79. The maximum Gasteiger partial charge on any atom is 0.0108 e. The average Bonchev–Trinajstić information content (AvgIpc) is 2.87. The van der Waals surface area contributed by atoms with Crippen LogP contribution in [0, 0.1) is 0 Å². The molecule has 1 aliphatic rings. The maximum atomic E-state index is 2.32. The highest BCUT2D eigenvalue weighted by atomic mass is 14.3. The largest absolute Gasteiger partial charge is 0.0654 e. The van der Waals surface area contributed by atoms with E-state index in [4.69, 9.17) is 0 Å². The van der Waals surface area contributed by atoms with E-state index in [-0.39, 0.29) is 0 Å². The van der Waals surface area contributed by atoms with Gasteiger partial charge in [-0.05, 0) is 39.4 Å². The molecule has 21 heavy (non-hydrogen) atoms. The molecule has 0 spiro atoms. The van der Waals surface area contributed by atoms with Crippen LogP contribution in [-0.2, 0) is 0 Å². The molecule has 0 amide bonds. The van der Waals surface area contributed by atoms with Crippen molar-refractivity contribution in [3.8, 4) is 11.1 Å². The van der Waals surface area contributed by atoms with Gasteiger partial charge < -0.3 is 0 Å². The van der Waals surface area contributed by atoms with Crippen LogP contribution in [0.3, 0.4) is 0 Å². The van der Waals surface area contributed by atoms with Gasteiger partial charge in [-0.3, -0.25) is 0 Å². The predicted octanol–water partition coefficient (Wildman–Crippen LogP) is 6.14. The van der Waals surface area contributed by atoms with Crippen LogP contribution in [0.15, 0.2) is 60.7 Å². The number of benzene rings is 3. The Morgan fingerprint density at radius 1 is 0.810 bits per heavy atom. The van der Waals surface area contributed by atoms with E-state index in [0.29, 0.717) is 5.92 Å². The normalized spacial score (nSPS) is 16.0. The minimum absolute atomic E-state index is 0.572. The molecule has 0 bridgehead atoms. The van der Waals surface area contributed by atoms with Gasteiger partial charge in [0.05, 0.1) is 0 Å². The number of fused-ring (bicyclic) bond motifs is 5. The Morgan fingerprint density at radius 2 is 1.62 bits per heavy atom. The number of rotatable bonds is 3. The molecular formula is C21H20. The molecule has 0 aromatic heterocycles. The van der Waals surface area contributed by atoms with E-state index in [0.717, 1.165) is 0 Å². The van der Waals surface area contributed by atoms with Gasteiger partial charge in [-0.15, -0.1) is 0 Å². The van der Waals surface area contributed by atoms with Crippen LogP contribution in [0.4, 0.5) is 0 Å². The molecule has 0 heteroatoms. The highest BCUT2D eigenvalue weighted by molar-refractivity contribution is 5.96. The predicted molar refractivity (Wildman–Crippen MR) is 90.8 cm³/mol. The van der Waals surface area contributed by atoms with E-state index in [1.807, 2.05) is 0 Å². The SMILES string of the molecule is CCCCC1c2ccccc2-c2ccc3ccccc3c21. The summed E-state index contributed by atoms with van der Waals surface area (Å²) in [7, 11) is 0. The summed E-state index contributed by atoms with van der Waals surface area (Å²) in [5, 5.41) is 2.80. The second kappa shape index (κ2) is 5.04. The van der Waals surface area contributed by atoms with Crippen LogP contribution in [0.5, 0.6) is 0 Å². The first-order valence-electron chi connectivity index (χ1n) is 8.01. The van der Waals surface area contributed by atoms with Crippen molar-refractivity contribution in [2.45, 2.75) is 32.1 Å². The van der Waals surface area contributed by atoms with Gasteiger partial charge >= 0.3 is 0 Å². The van der Waals surface area contributed by atoms with E-state index >= 15 is 0 Å². The molecule has 1 atom stereocenters. The lowest BCUT2D eigenvalue weighted by molar-refractivity contribution is 0.662. The number of hydrogen-bond donors (Lipinski definition) is 0. The van der Waals surface area contributed by atoms with Crippen molar-refractivity contribution >= 4 is 10.8 Å². The molecular weight excluding hydrogens is 252 g/mol. The molecule has 0 heterocycles. The smallest absolute Gasteiger partial charge is 0.0108 e. The molecule has 0 aliphatic heterocycles. The van der Waals surface area contributed by atoms with Crippen molar-refractivity contribution in [2.75, 3.05) is 0 Å². The third kappa shape index (κ3) is 1.90. The summed E-state index contributed by atoms with van der Waals surface area (Å²) in [5.74, 6) is 0.572. The van der Waals surface area contributed by atoms with Crippen molar-refractivity contribution in [3.63, 3.8) is 0 Å². The van der Waals surface area contributed by atoms with Crippen molar-refractivity contribution in [3.05, 3.63) is 71.8 Å². The van der Waals surface area contributed by atoms with Crippen LogP contribution >= 0.6 is 0 Å². The fourth-order valence-electron chi connectivity index (χ4n) is 3.82. The van der Waals surface area contributed by atoms with Crippen LogP contribution in [0.1, 0.15) is 43.2 Å². The molecule has 0 saturated carbocycles. The molecule has 0 nitrogen and oxygen atoms in total. The maximum absolute atomic E-state index is 2.32. The molecule has 0 fully saturated rings. The summed E-state index contributed by atoms with van der Waals surface area (Å²) in [6, 6.07) is 22.4. The second-order valence-electron chi connectivity index (χ2n) is 6.03. The summed E-state index contributed by atoms with van der Waals surface area (Å²) in [4.78, 5) is 0. The fraction of sp³-hybridized carbons (Fsp3) is 0.238. The molecule has 0 radical (unpaired) electrons. The minimum atomic E-state index is 0.572. The lowest BCUT2D eigenvalue weighted by atomic mass is 9.88. The van der Waals surface area contributed by atoms with E-state index in [9.17, 15) is 0 Å². The second-order valence-corrected chi connectivity index (χ2v) is 6.03. The first kappa shape index (κ1) is 12.6. The lowest BCUT2D eigenvalue weighted by Crippen LogP contribution is -1.97. The van der Waals surface area contributed by atoms with Crippen LogP contribution in [-0.4, -0.2) is 0 Å². The zero-order valence-electron chi connectivity index (χ0n) is 12.5. The quantitative estimate of drug-likeness (QED) is 0.537. The van der Waals surface area contributed by atoms with Crippen molar-refractivity contribution in [1.29, 1.82) is 0 Å². The zero-order valence-corrected chi connectivity index (χ0v) is 12.5. The van der Waals surface area contributed by atoms with E-state index in [2.05, 4.69) is 67.6 Å². The topological polar surface area (TPSA) is 0 Å². The number of hydrogen-bond acceptors (Lipinski definition) is 0. The zero-order chi connectivity index (χ0) is 14.2. The molecule has 3 aromatic carbocycles. The van der Waals surface area contributed by atoms with Gasteiger partial charge in [-0.2, -0.15) is 0 Å². The molecule has 3 aromatic rings. The first-order valence-corrected chi connectivity index (χ1v) is 8.01. The molecule has 104 valence electrons. The standard InChI is InChI=1S/C21H20/c1-2-3-9-19-17-11-6-7-12-18(17)20-14-13-15-8-4-5-10-16(15)21(19)20/h4-8,10-14,19H,2-3,9H2,1H3. The van der Waals surface area contributed by atoms with Crippen LogP contribution < -0.4 is 0 Å². The highest BCUT2D eigenvalue weighted by Gasteiger charge is 2.29. The van der Waals surface area contributed by atoms with Crippen molar-refractivity contribution in [1.82, 2.24) is 0 Å². The number of unbranched alkanes of at least 4 members (excludes halogenated alkanes) is 1. The Balaban J connectivity index is 1.99. The van der Waals surface area contributed by atoms with E-state index < -0.39 is 0 Å². The third-order valence-corrected chi connectivity index (χ3v) is 4.79. The van der Waals surface area contributed by atoms with Crippen molar-refractivity contribution in [2.24, 2.45) is 0 Å². The summed E-state index contributed by atoms with van der Waals surface area (Å²) >= 11 is 0. The Bertz CT molecular complexity index is 798. The Morgan fingerprint density at radius 3 is 2.52 bits per heavy atom. The fourth-order valence-corrected chi connectivity index (χ4v) is 3.82. The molecule has 1 unspecified atom stereocenters. The summed E-state index contributed by atoms with van der Waals surface area (Å²) < 4.78 is 0. The minimum Gasteiger partial charge on any atom is -0.0654 e. The average molecular weight is 272 g/mol. The Hall–Kier alpha value is -2.08. The molecule has 1 aliphatic carbocycles. The van der Waals surface area contributed by atoms with Crippen molar-refractivity contribution < 1.29 is 0 Å². The summed E-state index contributed by atoms with van der Waals surface area (Å²) in [5.41, 5.74) is 5.98. The van der Waals surface area contributed by atoms with Gasteiger partial charge in [0.2, 0.25) is 0 Å². The van der Waals surface area contributed by atoms with Gasteiger partial charge in [0.1, 0.15) is 0 Å². The van der Waals surface area contributed by atoms with Gasteiger partial charge in [0.15, 0.2) is 0 Å². The van der Waals surface area contributed by atoms with Crippen LogP contribution in [0.2, 0.25) is 0 Å². The molecule has 4 rings (SSSR count). The lowest BCUT2D eigenvalue weighted by Gasteiger charge is -2.15. The molecule has 0 saturated heterocycles.